The lowest BCUT2D eigenvalue weighted by Gasteiger charge is -2.15. The molecule has 124 valence electrons. The molecule has 7 heteroatoms. The molecule has 2 N–H and O–H groups in total. The standard InChI is InChI=1S/C15H19Br3O4/c1-2-3-4-5-6-7-8-9-10(16)11(17)12(18)13(19)14(9)22-15(20)21/h19H,2-8H2,1H3,(H,20,21). The van der Waals surface area contributed by atoms with Gasteiger partial charge < -0.3 is 14.9 Å². The van der Waals surface area contributed by atoms with E-state index in [9.17, 15) is 9.90 Å². The second kappa shape index (κ2) is 9.78. The average molecular weight is 503 g/mol. The van der Waals surface area contributed by atoms with Crippen molar-refractivity contribution in [3.8, 4) is 11.5 Å². The summed E-state index contributed by atoms with van der Waals surface area (Å²) in [5.41, 5.74) is 0.658. The summed E-state index contributed by atoms with van der Waals surface area (Å²) in [5.74, 6) is -0.221. The van der Waals surface area contributed by atoms with Crippen molar-refractivity contribution in [3.05, 3.63) is 19.0 Å². The Hall–Kier alpha value is -0.270. The molecule has 0 aliphatic rings. The summed E-state index contributed by atoms with van der Waals surface area (Å²) in [6, 6.07) is 0. The number of hydrogen-bond donors (Lipinski definition) is 2. The number of hydrogen-bond acceptors (Lipinski definition) is 3. The molecule has 0 radical (unpaired) electrons. The zero-order chi connectivity index (χ0) is 16.7. The van der Waals surface area contributed by atoms with Gasteiger partial charge in [0.15, 0.2) is 11.5 Å². The van der Waals surface area contributed by atoms with E-state index >= 15 is 0 Å². The van der Waals surface area contributed by atoms with Crippen molar-refractivity contribution >= 4 is 53.9 Å². The molecule has 1 rings (SSSR count). The third-order valence-corrected chi connectivity index (χ3v) is 6.82. The predicted octanol–water partition coefficient (Wildman–Crippen LogP) is 6.64. The third kappa shape index (κ3) is 5.42. The summed E-state index contributed by atoms with van der Waals surface area (Å²) in [5, 5.41) is 19.0. The molecule has 0 atom stereocenters. The molecule has 0 fully saturated rings. The number of halogens is 3. The molecule has 0 aliphatic carbocycles. The molecule has 4 nitrogen and oxygen atoms in total. The maximum Gasteiger partial charge on any atom is 0.511 e. The Morgan fingerprint density at radius 1 is 1.00 bits per heavy atom. The van der Waals surface area contributed by atoms with Gasteiger partial charge in [-0.3, -0.25) is 0 Å². The van der Waals surface area contributed by atoms with E-state index in [-0.39, 0.29) is 11.5 Å². The maximum atomic E-state index is 10.9. The minimum absolute atomic E-state index is 0.0111. The van der Waals surface area contributed by atoms with Crippen LogP contribution in [-0.2, 0) is 6.42 Å². The van der Waals surface area contributed by atoms with Gasteiger partial charge in [0.05, 0.1) is 8.95 Å². The van der Waals surface area contributed by atoms with Crippen LogP contribution in [0.5, 0.6) is 11.5 Å². The van der Waals surface area contributed by atoms with Crippen LogP contribution in [0, 0.1) is 0 Å². The van der Waals surface area contributed by atoms with Crippen LogP contribution in [0.2, 0.25) is 0 Å². The highest BCUT2D eigenvalue weighted by Crippen LogP contribution is 2.48. The number of unbranched alkanes of at least 4 members (excludes halogenated alkanes) is 5. The predicted molar refractivity (Wildman–Crippen MR) is 96.9 cm³/mol. The van der Waals surface area contributed by atoms with Crippen LogP contribution in [0.25, 0.3) is 0 Å². The van der Waals surface area contributed by atoms with E-state index in [2.05, 4.69) is 54.7 Å². The molecule has 0 bridgehead atoms. The van der Waals surface area contributed by atoms with Gasteiger partial charge in [0, 0.05) is 10.0 Å². The highest BCUT2D eigenvalue weighted by atomic mass is 79.9. The van der Waals surface area contributed by atoms with Gasteiger partial charge in [0.2, 0.25) is 0 Å². The van der Waals surface area contributed by atoms with Crippen molar-refractivity contribution < 1.29 is 19.7 Å². The quantitative estimate of drug-likeness (QED) is 0.181. The summed E-state index contributed by atoms with van der Waals surface area (Å²) < 4.78 is 6.48. The van der Waals surface area contributed by atoms with Crippen molar-refractivity contribution in [1.82, 2.24) is 0 Å². The van der Waals surface area contributed by atoms with E-state index in [1.807, 2.05) is 0 Å². The van der Waals surface area contributed by atoms with Crippen LogP contribution in [0.1, 0.15) is 51.0 Å². The van der Waals surface area contributed by atoms with Crippen molar-refractivity contribution in [2.75, 3.05) is 0 Å². The summed E-state index contributed by atoms with van der Waals surface area (Å²) in [7, 11) is 0. The van der Waals surface area contributed by atoms with Gasteiger partial charge in [-0.15, -0.1) is 0 Å². The number of phenolic OH excluding ortho intramolecular Hbond substituents is 1. The Kier molecular flexibility index (Phi) is 8.79. The second-order valence-electron chi connectivity index (χ2n) is 4.98. The Bertz CT molecular complexity index is 532. The first-order valence-electron chi connectivity index (χ1n) is 7.19. The minimum Gasteiger partial charge on any atom is -0.503 e. The number of phenols is 1. The van der Waals surface area contributed by atoms with E-state index in [1.165, 1.54) is 19.3 Å². The third-order valence-electron chi connectivity index (χ3n) is 3.32. The van der Waals surface area contributed by atoms with Crippen LogP contribution in [0.3, 0.4) is 0 Å². The molecule has 1 aromatic rings. The van der Waals surface area contributed by atoms with Gasteiger partial charge in [-0.25, -0.2) is 4.79 Å². The van der Waals surface area contributed by atoms with E-state index < -0.39 is 6.16 Å². The van der Waals surface area contributed by atoms with Crippen LogP contribution in [-0.4, -0.2) is 16.4 Å². The zero-order valence-corrected chi connectivity index (χ0v) is 17.1. The molecule has 0 aliphatic heterocycles. The topological polar surface area (TPSA) is 66.8 Å². The molecule has 22 heavy (non-hydrogen) atoms. The molecule has 0 saturated heterocycles. The second-order valence-corrected chi connectivity index (χ2v) is 7.36. The van der Waals surface area contributed by atoms with Crippen LogP contribution in [0.15, 0.2) is 13.4 Å². The molecule has 0 saturated carbocycles. The molecule has 0 amide bonds. The minimum atomic E-state index is -1.44. The SMILES string of the molecule is CCCCCCCCc1c(Br)c(Br)c(Br)c(O)c1OC(=O)O. The summed E-state index contributed by atoms with van der Waals surface area (Å²) in [4.78, 5) is 10.9. The highest BCUT2D eigenvalue weighted by molar-refractivity contribution is 9.14. The largest absolute Gasteiger partial charge is 0.511 e. The summed E-state index contributed by atoms with van der Waals surface area (Å²) in [6.07, 6.45) is 5.97. The van der Waals surface area contributed by atoms with Crippen LogP contribution in [0.4, 0.5) is 4.79 Å². The first-order valence-corrected chi connectivity index (χ1v) is 9.57. The fourth-order valence-electron chi connectivity index (χ4n) is 2.18. The highest BCUT2D eigenvalue weighted by Gasteiger charge is 2.23. The fourth-order valence-corrected chi connectivity index (χ4v) is 3.83. The molecule has 1 aromatic carbocycles. The number of carboxylic acid groups (broad SMARTS) is 1. The molecule has 0 aromatic heterocycles. The maximum absolute atomic E-state index is 10.9. The smallest absolute Gasteiger partial charge is 0.503 e. The van der Waals surface area contributed by atoms with Gasteiger partial charge >= 0.3 is 6.16 Å². The Morgan fingerprint density at radius 3 is 2.18 bits per heavy atom. The molecule has 0 spiro atoms. The lowest BCUT2D eigenvalue weighted by atomic mass is 10.0. The summed E-state index contributed by atoms with van der Waals surface area (Å²) in [6.45, 7) is 2.18. The van der Waals surface area contributed by atoms with Gasteiger partial charge in [0.1, 0.15) is 0 Å². The van der Waals surface area contributed by atoms with E-state index in [0.717, 1.165) is 19.3 Å². The number of ether oxygens (including phenoxy) is 1. The molecule has 0 heterocycles. The van der Waals surface area contributed by atoms with Crippen LogP contribution < -0.4 is 4.74 Å². The van der Waals surface area contributed by atoms with Crippen molar-refractivity contribution in [3.63, 3.8) is 0 Å². The summed E-state index contributed by atoms with van der Waals surface area (Å²) >= 11 is 10.0. The number of benzene rings is 1. The first-order chi connectivity index (χ1) is 10.4. The van der Waals surface area contributed by atoms with Gasteiger partial charge in [-0.05, 0) is 60.6 Å². The molecular formula is C15H19Br3O4. The van der Waals surface area contributed by atoms with Crippen molar-refractivity contribution in [2.24, 2.45) is 0 Å². The number of aromatic hydroxyl groups is 1. The van der Waals surface area contributed by atoms with Gasteiger partial charge in [-0.1, -0.05) is 39.0 Å². The lowest BCUT2D eigenvalue weighted by Crippen LogP contribution is -2.07. The monoisotopic (exact) mass is 500 g/mol. The lowest BCUT2D eigenvalue weighted by molar-refractivity contribution is 0.142. The van der Waals surface area contributed by atoms with E-state index in [1.54, 1.807) is 0 Å². The van der Waals surface area contributed by atoms with E-state index in [0.29, 0.717) is 25.4 Å². The first kappa shape index (κ1) is 19.8. The Balaban J connectivity index is 2.89. The fraction of sp³-hybridized carbons (Fsp3) is 0.533. The number of carbonyl (C=O) groups is 1. The Labute approximate surface area is 155 Å². The molecular weight excluding hydrogens is 484 g/mol. The van der Waals surface area contributed by atoms with Gasteiger partial charge in [0.25, 0.3) is 0 Å². The number of rotatable bonds is 8. The molecule has 0 unspecified atom stereocenters. The van der Waals surface area contributed by atoms with Crippen molar-refractivity contribution in [1.29, 1.82) is 0 Å². The van der Waals surface area contributed by atoms with Gasteiger partial charge in [-0.2, -0.15) is 0 Å². The zero-order valence-electron chi connectivity index (χ0n) is 12.3. The van der Waals surface area contributed by atoms with Crippen LogP contribution >= 0.6 is 47.8 Å². The van der Waals surface area contributed by atoms with E-state index in [4.69, 9.17) is 9.84 Å². The van der Waals surface area contributed by atoms with Crippen molar-refractivity contribution in [2.45, 2.75) is 51.9 Å². The average Bonchev–Trinajstić information content (AvgIpc) is 2.48. The Morgan fingerprint density at radius 2 is 1.59 bits per heavy atom. The normalized spacial score (nSPS) is 10.7.